The molecule has 1 fully saturated rings. The van der Waals surface area contributed by atoms with Crippen molar-refractivity contribution >= 4 is 5.91 Å². The van der Waals surface area contributed by atoms with Crippen molar-refractivity contribution in [2.24, 2.45) is 5.92 Å². The van der Waals surface area contributed by atoms with E-state index in [0.29, 0.717) is 12.5 Å². The van der Waals surface area contributed by atoms with Crippen LogP contribution >= 0.6 is 0 Å². The molecule has 1 heterocycles. The number of rotatable bonds is 6. The first kappa shape index (κ1) is 16.6. The third-order valence-electron chi connectivity index (χ3n) is 3.59. The third-order valence-corrected chi connectivity index (χ3v) is 3.59. The van der Waals surface area contributed by atoms with Crippen molar-refractivity contribution in [2.45, 2.75) is 19.0 Å². The van der Waals surface area contributed by atoms with Crippen LogP contribution in [0.25, 0.3) is 0 Å². The van der Waals surface area contributed by atoms with Crippen LogP contribution in [0.15, 0.2) is 24.3 Å². The summed E-state index contributed by atoms with van der Waals surface area (Å²) in [5.74, 6) is 0.560. The van der Waals surface area contributed by atoms with E-state index in [1.165, 1.54) is 12.1 Å². The molecule has 1 amide bonds. The van der Waals surface area contributed by atoms with Crippen molar-refractivity contribution in [3.8, 4) is 5.75 Å². The van der Waals surface area contributed by atoms with Crippen LogP contribution in [0, 0.1) is 5.92 Å². The molecule has 2 N–H and O–H groups in total. The number of hydrogen-bond acceptors (Lipinski definition) is 3. The van der Waals surface area contributed by atoms with Gasteiger partial charge in [0.05, 0.1) is 5.56 Å². The number of halogens is 3. The Morgan fingerprint density at radius 2 is 2.05 bits per heavy atom. The molecule has 0 spiro atoms. The molecule has 7 heteroatoms. The van der Waals surface area contributed by atoms with Crippen LogP contribution in [0.1, 0.15) is 18.4 Å². The Balaban J connectivity index is 1.67. The van der Waals surface area contributed by atoms with Crippen LogP contribution < -0.4 is 15.4 Å². The van der Waals surface area contributed by atoms with Gasteiger partial charge in [0.2, 0.25) is 0 Å². The summed E-state index contributed by atoms with van der Waals surface area (Å²) in [6.45, 7) is 2.39. The molecule has 22 heavy (non-hydrogen) atoms. The molecule has 1 aromatic carbocycles. The molecule has 1 unspecified atom stereocenters. The second kappa shape index (κ2) is 7.49. The molecule has 1 saturated heterocycles. The van der Waals surface area contributed by atoms with Crippen molar-refractivity contribution in [3.63, 3.8) is 0 Å². The minimum Gasteiger partial charge on any atom is -0.484 e. The van der Waals surface area contributed by atoms with Crippen molar-refractivity contribution in [1.82, 2.24) is 10.6 Å². The van der Waals surface area contributed by atoms with Gasteiger partial charge in [-0.3, -0.25) is 4.79 Å². The molecule has 1 aromatic rings. The van der Waals surface area contributed by atoms with Gasteiger partial charge in [-0.05, 0) is 56.1 Å². The lowest BCUT2D eigenvalue weighted by atomic mass is 10.1. The summed E-state index contributed by atoms with van der Waals surface area (Å²) in [7, 11) is 0. The Morgan fingerprint density at radius 3 is 2.64 bits per heavy atom. The zero-order valence-electron chi connectivity index (χ0n) is 12.1. The fourth-order valence-corrected chi connectivity index (χ4v) is 2.32. The lowest BCUT2D eigenvalue weighted by molar-refractivity contribution is -0.137. The Morgan fingerprint density at radius 1 is 1.32 bits per heavy atom. The zero-order chi connectivity index (χ0) is 16.0. The van der Waals surface area contributed by atoms with Crippen LogP contribution in [-0.4, -0.2) is 32.1 Å². The lowest BCUT2D eigenvalue weighted by Crippen LogP contribution is -2.30. The number of hydrogen-bond donors (Lipinski definition) is 2. The first-order valence-electron chi connectivity index (χ1n) is 7.22. The van der Waals surface area contributed by atoms with Crippen LogP contribution in [0.3, 0.4) is 0 Å². The summed E-state index contributed by atoms with van der Waals surface area (Å²) in [5, 5.41) is 6.00. The molecular formula is C15H19F3N2O2. The SMILES string of the molecule is O=C(COc1ccc(C(F)(F)F)cc1)NCCC1CCNC1. The van der Waals surface area contributed by atoms with Crippen LogP contribution in [0.2, 0.25) is 0 Å². The number of carbonyl (C=O) groups excluding carboxylic acids is 1. The monoisotopic (exact) mass is 316 g/mol. The van der Waals surface area contributed by atoms with E-state index in [1.54, 1.807) is 0 Å². The van der Waals surface area contributed by atoms with Crippen molar-refractivity contribution in [3.05, 3.63) is 29.8 Å². The number of carbonyl (C=O) groups is 1. The van der Waals surface area contributed by atoms with Gasteiger partial charge in [-0.15, -0.1) is 0 Å². The van der Waals surface area contributed by atoms with E-state index in [2.05, 4.69) is 10.6 Å². The molecule has 0 aromatic heterocycles. The third kappa shape index (κ3) is 5.22. The highest BCUT2D eigenvalue weighted by Crippen LogP contribution is 2.30. The largest absolute Gasteiger partial charge is 0.484 e. The average molecular weight is 316 g/mol. The first-order chi connectivity index (χ1) is 10.4. The number of benzene rings is 1. The molecule has 0 radical (unpaired) electrons. The van der Waals surface area contributed by atoms with E-state index in [0.717, 1.165) is 38.1 Å². The fraction of sp³-hybridized carbons (Fsp3) is 0.533. The van der Waals surface area contributed by atoms with Crippen LogP contribution in [-0.2, 0) is 11.0 Å². The fourth-order valence-electron chi connectivity index (χ4n) is 2.32. The van der Waals surface area contributed by atoms with Crippen molar-refractivity contribution < 1.29 is 22.7 Å². The Hall–Kier alpha value is -1.76. The minimum absolute atomic E-state index is 0.200. The number of alkyl halides is 3. The summed E-state index contributed by atoms with van der Waals surface area (Å²) in [5.41, 5.74) is -0.741. The topological polar surface area (TPSA) is 50.4 Å². The Kier molecular flexibility index (Phi) is 5.65. The molecule has 1 aliphatic heterocycles. The van der Waals surface area contributed by atoms with Gasteiger partial charge in [0.1, 0.15) is 5.75 Å². The average Bonchev–Trinajstić information content (AvgIpc) is 2.98. The molecule has 4 nitrogen and oxygen atoms in total. The maximum atomic E-state index is 12.4. The van der Waals surface area contributed by atoms with Crippen LogP contribution in [0.4, 0.5) is 13.2 Å². The van der Waals surface area contributed by atoms with Gasteiger partial charge < -0.3 is 15.4 Å². The number of ether oxygens (including phenoxy) is 1. The molecule has 1 atom stereocenters. The smallest absolute Gasteiger partial charge is 0.416 e. The molecular weight excluding hydrogens is 297 g/mol. The van der Waals surface area contributed by atoms with Gasteiger partial charge in [-0.1, -0.05) is 0 Å². The highest BCUT2D eigenvalue weighted by molar-refractivity contribution is 5.77. The van der Waals surface area contributed by atoms with Crippen LogP contribution in [0.5, 0.6) is 5.75 Å². The minimum atomic E-state index is -4.37. The quantitative estimate of drug-likeness (QED) is 0.846. The summed E-state index contributed by atoms with van der Waals surface area (Å²) in [4.78, 5) is 11.6. The summed E-state index contributed by atoms with van der Waals surface area (Å²) in [6, 6.07) is 4.28. The van der Waals surface area contributed by atoms with Gasteiger partial charge in [-0.2, -0.15) is 13.2 Å². The van der Waals surface area contributed by atoms with E-state index >= 15 is 0 Å². The molecule has 0 bridgehead atoms. The molecule has 1 aliphatic rings. The lowest BCUT2D eigenvalue weighted by Gasteiger charge is -2.11. The molecule has 122 valence electrons. The van der Waals surface area contributed by atoms with E-state index in [9.17, 15) is 18.0 Å². The highest BCUT2D eigenvalue weighted by atomic mass is 19.4. The van der Waals surface area contributed by atoms with Crippen molar-refractivity contribution in [1.29, 1.82) is 0 Å². The van der Waals surface area contributed by atoms with Gasteiger partial charge in [0.25, 0.3) is 5.91 Å². The van der Waals surface area contributed by atoms with Crippen molar-refractivity contribution in [2.75, 3.05) is 26.2 Å². The molecule has 0 saturated carbocycles. The summed E-state index contributed by atoms with van der Waals surface area (Å²) < 4.78 is 42.3. The van der Waals surface area contributed by atoms with E-state index in [-0.39, 0.29) is 18.3 Å². The highest BCUT2D eigenvalue weighted by Gasteiger charge is 2.30. The second-order valence-electron chi connectivity index (χ2n) is 5.31. The van der Waals surface area contributed by atoms with E-state index < -0.39 is 11.7 Å². The predicted molar refractivity (Wildman–Crippen MR) is 75.5 cm³/mol. The molecule has 0 aliphatic carbocycles. The van der Waals surface area contributed by atoms with Gasteiger partial charge in [-0.25, -0.2) is 0 Å². The standard InChI is InChI=1S/C15H19F3N2O2/c16-15(17,18)12-1-3-13(4-2-12)22-10-14(21)20-8-6-11-5-7-19-9-11/h1-4,11,19H,5-10H2,(H,20,21). The van der Waals surface area contributed by atoms with Gasteiger partial charge in [0, 0.05) is 6.54 Å². The zero-order valence-corrected chi connectivity index (χ0v) is 12.1. The normalized spacial score (nSPS) is 18.2. The maximum absolute atomic E-state index is 12.4. The Bertz CT molecular complexity index is 483. The first-order valence-corrected chi connectivity index (χ1v) is 7.22. The van der Waals surface area contributed by atoms with E-state index in [1.807, 2.05) is 0 Å². The second-order valence-corrected chi connectivity index (χ2v) is 5.31. The molecule has 2 rings (SSSR count). The maximum Gasteiger partial charge on any atom is 0.416 e. The van der Waals surface area contributed by atoms with Gasteiger partial charge >= 0.3 is 6.18 Å². The number of nitrogens with one attached hydrogen (secondary N) is 2. The summed E-state index contributed by atoms with van der Waals surface area (Å²) in [6.07, 6.45) is -2.33. The summed E-state index contributed by atoms with van der Waals surface area (Å²) >= 11 is 0. The number of amides is 1. The Labute approximate surface area is 127 Å². The van der Waals surface area contributed by atoms with E-state index in [4.69, 9.17) is 4.74 Å². The van der Waals surface area contributed by atoms with Gasteiger partial charge in [0.15, 0.2) is 6.61 Å². The predicted octanol–water partition coefficient (Wildman–Crippen LogP) is 2.20.